The Kier molecular flexibility index (Phi) is 5.70. The van der Waals surface area contributed by atoms with Gasteiger partial charge in [0.1, 0.15) is 11.3 Å². The van der Waals surface area contributed by atoms with Crippen molar-refractivity contribution in [1.82, 2.24) is 19.2 Å². The molecule has 170 valence electrons. The van der Waals surface area contributed by atoms with Crippen LogP contribution in [0.2, 0.25) is 0 Å². The molecule has 5 rings (SSSR count). The third-order valence-electron chi connectivity index (χ3n) is 6.34. The molecule has 0 bridgehead atoms. The molecule has 4 heterocycles. The van der Waals surface area contributed by atoms with Crippen LogP contribution in [0.1, 0.15) is 23.0 Å². The summed E-state index contributed by atoms with van der Waals surface area (Å²) in [5.41, 5.74) is 2.56. The van der Waals surface area contributed by atoms with Gasteiger partial charge in [-0.05, 0) is 24.6 Å². The van der Waals surface area contributed by atoms with E-state index in [0.717, 1.165) is 18.7 Å². The number of rotatable bonds is 5. The summed E-state index contributed by atoms with van der Waals surface area (Å²) in [6.45, 7) is 5.71. The summed E-state index contributed by atoms with van der Waals surface area (Å²) in [7, 11) is 0. The topological polar surface area (TPSA) is 87.4 Å². The largest absolute Gasteiger partial charge is 0.505 e. The van der Waals surface area contributed by atoms with Crippen molar-refractivity contribution in [3.05, 3.63) is 77.3 Å². The fourth-order valence-electron chi connectivity index (χ4n) is 4.69. The van der Waals surface area contributed by atoms with Gasteiger partial charge in [0.25, 0.3) is 11.7 Å². The van der Waals surface area contributed by atoms with Gasteiger partial charge in [-0.3, -0.25) is 18.9 Å². The van der Waals surface area contributed by atoms with Crippen LogP contribution in [0.3, 0.4) is 0 Å². The molecule has 2 aliphatic rings. The summed E-state index contributed by atoms with van der Waals surface area (Å²) in [4.78, 5) is 34.7. The van der Waals surface area contributed by atoms with Crippen molar-refractivity contribution >= 4 is 23.1 Å². The molecule has 1 aromatic carbocycles. The van der Waals surface area contributed by atoms with Gasteiger partial charge in [0.05, 0.1) is 30.5 Å². The maximum Gasteiger partial charge on any atom is 0.295 e. The van der Waals surface area contributed by atoms with Crippen molar-refractivity contribution in [2.45, 2.75) is 13.0 Å². The molecule has 1 amide bonds. The molecule has 0 aliphatic carbocycles. The van der Waals surface area contributed by atoms with Gasteiger partial charge in [0, 0.05) is 32.4 Å². The minimum atomic E-state index is -0.673. The van der Waals surface area contributed by atoms with Crippen molar-refractivity contribution in [2.75, 3.05) is 39.4 Å². The number of imidazole rings is 1. The molecule has 1 atom stereocenters. The van der Waals surface area contributed by atoms with Crippen LogP contribution in [0, 0.1) is 6.92 Å². The minimum Gasteiger partial charge on any atom is -0.505 e. The Balaban J connectivity index is 1.59. The van der Waals surface area contributed by atoms with Crippen LogP contribution in [-0.4, -0.2) is 75.4 Å². The number of carbonyl (C=O) groups excluding carboxylic acids is 2. The SMILES string of the molecule is Cc1nc2ccccn2c1/C(O)=C1\C(=O)C(=O)N(CCN2CCOCC2)C1c1ccccc1. The zero-order valence-corrected chi connectivity index (χ0v) is 18.5. The molecule has 1 unspecified atom stereocenters. The van der Waals surface area contributed by atoms with Crippen LogP contribution in [0.25, 0.3) is 11.4 Å². The number of aromatic nitrogens is 2. The van der Waals surface area contributed by atoms with E-state index in [4.69, 9.17) is 4.74 Å². The molecule has 2 fully saturated rings. The first-order valence-corrected chi connectivity index (χ1v) is 11.1. The number of aryl methyl sites for hydroxylation is 1. The number of Topliss-reactive ketones (excluding diaryl/α,β-unsaturated/α-hetero) is 1. The van der Waals surface area contributed by atoms with Gasteiger partial charge in [0.15, 0.2) is 5.76 Å². The number of aliphatic hydroxyl groups excluding tert-OH is 1. The summed E-state index contributed by atoms with van der Waals surface area (Å²) >= 11 is 0. The number of nitrogens with zero attached hydrogens (tertiary/aromatic N) is 4. The van der Waals surface area contributed by atoms with E-state index in [9.17, 15) is 14.7 Å². The van der Waals surface area contributed by atoms with Gasteiger partial charge in [0.2, 0.25) is 0 Å². The number of amides is 1. The molecule has 33 heavy (non-hydrogen) atoms. The molecule has 2 saturated heterocycles. The Morgan fingerprint density at radius 1 is 1.06 bits per heavy atom. The molecule has 2 aliphatic heterocycles. The summed E-state index contributed by atoms with van der Waals surface area (Å²) < 4.78 is 7.16. The number of ether oxygens (including phenoxy) is 1. The maximum atomic E-state index is 13.3. The number of morpholine rings is 1. The smallest absolute Gasteiger partial charge is 0.295 e. The lowest BCUT2D eigenvalue weighted by Gasteiger charge is -2.31. The quantitative estimate of drug-likeness (QED) is 0.368. The molecule has 8 heteroatoms. The number of hydrogen-bond donors (Lipinski definition) is 1. The third kappa shape index (κ3) is 3.81. The van der Waals surface area contributed by atoms with Gasteiger partial charge in [-0.15, -0.1) is 0 Å². The van der Waals surface area contributed by atoms with Crippen molar-refractivity contribution in [1.29, 1.82) is 0 Å². The van der Waals surface area contributed by atoms with Crippen LogP contribution < -0.4 is 0 Å². The van der Waals surface area contributed by atoms with E-state index in [0.29, 0.717) is 43.3 Å². The second-order valence-corrected chi connectivity index (χ2v) is 8.33. The standard InChI is InChI=1S/C25H26N4O4/c1-17-21(28-10-6-5-9-19(28)26-17)23(30)20-22(18-7-3-2-4-8-18)29(25(32)24(20)31)12-11-27-13-15-33-16-14-27/h2-10,22,30H,11-16H2,1H3/b23-20+. The molecule has 0 radical (unpaired) electrons. The third-order valence-corrected chi connectivity index (χ3v) is 6.34. The van der Waals surface area contributed by atoms with Crippen LogP contribution in [0.5, 0.6) is 0 Å². The molecule has 1 N–H and O–H groups in total. The average Bonchev–Trinajstić information content (AvgIpc) is 3.31. The van der Waals surface area contributed by atoms with Crippen molar-refractivity contribution < 1.29 is 19.4 Å². The Morgan fingerprint density at radius 3 is 2.55 bits per heavy atom. The van der Waals surface area contributed by atoms with Gasteiger partial charge in [-0.2, -0.15) is 0 Å². The lowest BCUT2D eigenvalue weighted by Crippen LogP contribution is -2.42. The summed E-state index contributed by atoms with van der Waals surface area (Å²) in [5, 5.41) is 11.4. The van der Waals surface area contributed by atoms with Crippen molar-refractivity contribution in [3.8, 4) is 0 Å². The molecule has 3 aromatic rings. The Bertz CT molecular complexity index is 1230. The number of aliphatic hydroxyl groups is 1. The van der Waals surface area contributed by atoms with Gasteiger partial charge < -0.3 is 14.7 Å². The summed E-state index contributed by atoms with van der Waals surface area (Å²) in [6, 6.07) is 14.3. The molecule has 0 saturated carbocycles. The molecule has 8 nitrogen and oxygen atoms in total. The zero-order chi connectivity index (χ0) is 22.9. The van der Waals surface area contributed by atoms with E-state index in [-0.39, 0.29) is 11.3 Å². The molecular weight excluding hydrogens is 420 g/mol. The number of pyridine rings is 1. The van der Waals surface area contributed by atoms with Crippen LogP contribution in [-0.2, 0) is 14.3 Å². The highest BCUT2D eigenvalue weighted by molar-refractivity contribution is 6.46. The number of carbonyl (C=O) groups is 2. The maximum absolute atomic E-state index is 13.3. The number of likely N-dealkylation sites (tertiary alicyclic amines) is 1. The van der Waals surface area contributed by atoms with Crippen LogP contribution in [0.4, 0.5) is 0 Å². The number of benzene rings is 1. The minimum absolute atomic E-state index is 0.0990. The van der Waals surface area contributed by atoms with Crippen LogP contribution in [0.15, 0.2) is 60.3 Å². The lowest BCUT2D eigenvalue weighted by molar-refractivity contribution is -0.140. The highest BCUT2D eigenvalue weighted by atomic mass is 16.5. The van der Waals surface area contributed by atoms with Gasteiger partial charge in [-0.25, -0.2) is 4.98 Å². The van der Waals surface area contributed by atoms with Gasteiger partial charge in [-0.1, -0.05) is 36.4 Å². The molecule has 2 aromatic heterocycles. The lowest BCUT2D eigenvalue weighted by atomic mass is 9.96. The Hall–Kier alpha value is -3.49. The van der Waals surface area contributed by atoms with Crippen LogP contribution >= 0.6 is 0 Å². The predicted molar refractivity (Wildman–Crippen MR) is 123 cm³/mol. The van der Waals surface area contributed by atoms with E-state index in [2.05, 4.69) is 9.88 Å². The molecule has 0 spiro atoms. The summed E-state index contributed by atoms with van der Waals surface area (Å²) in [5.74, 6) is -1.47. The average molecular weight is 447 g/mol. The van der Waals surface area contributed by atoms with E-state index in [1.807, 2.05) is 48.5 Å². The number of ketones is 1. The second-order valence-electron chi connectivity index (χ2n) is 8.33. The highest BCUT2D eigenvalue weighted by Gasteiger charge is 2.46. The predicted octanol–water partition coefficient (Wildman–Crippen LogP) is 2.40. The zero-order valence-electron chi connectivity index (χ0n) is 18.5. The Labute approximate surface area is 191 Å². The van der Waals surface area contributed by atoms with Crippen molar-refractivity contribution in [3.63, 3.8) is 0 Å². The fraction of sp³-hybridized carbons (Fsp3) is 0.320. The number of fused-ring (bicyclic) bond motifs is 1. The summed E-state index contributed by atoms with van der Waals surface area (Å²) in [6.07, 6.45) is 1.79. The Morgan fingerprint density at radius 2 is 1.79 bits per heavy atom. The first kappa shape index (κ1) is 21.4. The van der Waals surface area contributed by atoms with E-state index in [1.165, 1.54) is 0 Å². The highest BCUT2D eigenvalue weighted by Crippen LogP contribution is 2.39. The monoisotopic (exact) mass is 446 g/mol. The fourth-order valence-corrected chi connectivity index (χ4v) is 4.69. The van der Waals surface area contributed by atoms with E-state index in [1.54, 1.807) is 22.4 Å². The number of hydrogen-bond acceptors (Lipinski definition) is 6. The van der Waals surface area contributed by atoms with Gasteiger partial charge >= 0.3 is 0 Å². The first-order chi connectivity index (χ1) is 16.1. The normalized spacial score (nSPS) is 21.2. The van der Waals surface area contributed by atoms with E-state index < -0.39 is 17.7 Å². The molecular formula is C25H26N4O4. The second kappa shape index (κ2) is 8.80. The first-order valence-electron chi connectivity index (χ1n) is 11.1. The van der Waals surface area contributed by atoms with E-state index >= 15 is 0 Å². The van der Waals surface area contributed by atoms with Crippen molar-refractivity contribution in [2.24, 2.45) is 0 Å².